The number of carbonyl (C=O) groups excluding carboxylic acids is 2. The minimum atomic E-state index is -0.913. The Morgan fingerprint density at radius 3 is 2.32 bits per heavy atom. The number of hydrogen-bond acceptors (Lipinski definition) is 3. The van der Waals surface area contributed by atoms with Gasteiger partial charge in [-0.3, -0.25) is 14.4 Å². The molecule has 0 bridgehead atoms. The van der Waals surface area contributed by atoms with Crippen LogP contribution >= 0.6 is 0 Å². The average molecular weight is 268 g/mol. The maximum absolute atomic E-state index is 11.9. The summed E-state index contributed by atoms with van der Waals surface area (Å²) in [4.78, 5) is 36.5. The highest BCUT2D eigenvalue weighted by molar-refractivity contribution is 5.88. The van der Waals surface area contributed by atoms with Gasteiger partial charge in [0, 0.05) is 13.1 Å². The lowest BCUT2D eigenvalue weighted by Gasteiger charge is -2.18. The van der Waals surface area contributed by atoms with Gasteiger partial charge in [0.15, 0.2) is 0 Å². The first-order valence-electron chi connectivity index (χ1n) is 6.88. The first-order valence-corrected chi connectivity index (χ1v) is 6.88. The van der Waals surface area contributed by atoms with Crippen molar-refractivity contribution < 1.29 is 19.5 Å². The number of carboxylic acids is 1. The summed E-state index contributed by atoms with van der Waals surface area (Å²) in [6.07, 6.45) is 3.94. The Kier molecular flexibility index (Phi) is 4.39. The number of likely N-dealkylation sites (tertiary alicyclic amines) is 1. The molecule has 1 aliphatic carbocycles. The third-order valence-electron chi connectivity index (χ3n) is 4.04. The Bertz CT molecular complexity index is 377. The van der Waals surface area contributed by atoms with Crippen LogP contribution < -0.4 is 5.32 Å². The summed E-state index contributed by atoms with van der Waals surface area (Å²) in [5.41, 5.74) is 0. The molecule has 2 atom stereocenters. The first-order chi connectivity index (χ1) is 9.09. The fourth-order valence-corrected chi connectivity index (χ4v) is 2.94. The van der Waals surface area contributed by atoms with Gasteiger partial charge in [0.2, 0.25) is 11.8 Å². The number of carbonyl (C=O) groups is 3. The fourth-order valence-electron chi connectivity index (χ4n) is 2.94. The number of nitrogens with zero attached hydrogens (tertiary/aromatic N) is 1. The predicted octanol–water partition coefficient (Wildman–Crippen LogP) is 0.226. The number of carboxylic acid groups (broad SMARTS) is 1. The smallest absolute Gasteiger partial charge is 0.307 e. The molecule has 0 aromatic heterocycles. The molecule has 2 unspecified atom stereocenters. The maximum atomic E-state index is 11.9. The third-order valence-corrected chi connectivity index (χ3v) is 4.04. The van der Waals surface area contributed by atoms with Gasteiger partial charge < -0.3 is 15.3 Å². The number of aliphatic carboxylic acids is 1. The highest BCUT2D eigenvalue weighted by atomic mass is 16.4. The highest BCUT2D eigenvalue weighted by Crippen LogP contribution is 2.31. The highest BCUT2D eigenvalue weighted by Gasteiger charge is 2.37. The SMILES string of the molecule is O=C(O)C1CCCC1C(=O)NCC(=O)N1CCCC1. The zero-order valence-corrected chi connectivity index (χ0v) is 10.9. The zero-order valence-electron chi connectivity index (χ0n) is 10.9. The maximum Gasteiger partial charge on any atom is 0.307 e. The van der Waals surface area contributed by atoms with Crippen LogP contribution in [-0.4, -0.2) is 47.4 Å². The van der Waals surface area contributed by atoms with Crippen molar-refractivity contribution in [3.05, 3.63) is 0 Å². The third kappa shape index (κ3) is 3.24. The summed E-state index contributed by atoms with van der Waals surface area (Å²) in [5, 5.41) is 11.6. The first kappa shape index (κ1) is 13.8. The molecule has 2 amide bonds. The van der Waals surface area contributed by atoms with E-state index in [0.717, 1.165) is 32.4 Å². The van der Waals surface area contributed by atoms with Crippen molar-refractivity contribution in [2.24, 2.45) is 11.8 Å². The van der Waals surface area contributed by atoms with Crippen LogP contribution in [0.4, 0.5) is 0 Å². The normalized spacial score (nSPS) is 26.4. The molecule has 0 aromatic rings. The van der Waals surface area contributed by atoms with E-state index in [1.54, 1.807) is 4.90 Å². The molecule has 6 nitrogen and oxygen atoms in total. The Labute approximate surface area is 112 Å². The van der Waals surface area contributed by atoms with E-state index in [1.165, 1.54) is 0 Å². The molecule has 19 heavy (non-hydrogen) atoms. The van der Waals surface area contributed by atoms with E-state index in [-0.39, 0.29) is 18.4 Å². The van der Waals surface area contributed by atoms with Crippen LogP contribution in [0.5, 0.6) is 0 Å². The summed E-state index contributed by atoms with van der Waals surface area (Å²) in [6, 6.07) is 0. The second-order valence-electron chi connectivity index (χ2n) is 5.29. The molecule has 0 aromatic carbocycles. The summed E-state index contributed by atoms with van der Waals surface area (Å²) in [6.45, 7) is 1.51. The van der Waals surface area contributed by atoms with Gasteiger partial charge in [0.25, 0.3) is 0 Å². The molecular formula is C13H20N2O4. The minimum absolute atomic E-state index is 0.0122. The Hall–Kier alpha value is -1.59. The van der Waals surface area contributed by atoms with Crippen molar-refractivity contribution in [1.82, 2.24) is 10.2 Å². The molecule has 2 rings (SSSR count). The summed E-state index contributed by atoms with van der Waals surface area (Å²) in [7, 11) is 0. The second kappa shape index (κ2) is 6.04. The Morgan fingerprint density at radius 1 is 1.05 bits per heavy atom. The largest absolute Gasteiger partial charge is 0.481 e. The monoisotopic (exact) mass is 268 g/mol. The van der Waals surface area contributed by atoms with Crippen LogP contribution in [0.25, 0.3) is 0 Å². The molecule has 0 radical (unpaired) electrons. The molecule has 2 N–H and O–H groups in total. The molecule has 1 saturated carbocycles. The number of rotatable bonds is 4. The molecule has 6 heteroatoms. The number of amides is 2. The molecular weight excluding hydrogens is 248 g/mol. The fraction of sp³-hybridized carbons (Fsp3) is 0.769. The van der Waals surface area contributed by atoms with Gasteiger partial charge in [-0.2, -0.15) is 0 Å². The predicted molar refractivity (Wildman–Crippen MR) is 67.3 cm³/mol. The van der Waals surface area contributed by atoms with Crippen LogP contribution in [0.1, 0.15) is 32.1 Å². The van der Waals surface area contributed by atoms with E-state index >= 15 is 0 Å². The lowest BCUT2D eigenvalue weighted by molar-refractivity contribution is -0.146. The molecule has 1 heterocycles. The Balaban J connectivity index is 1.80. The van der Waals surface area contributed by atoms with E-state index in [1.807, 2.05) is 0 Å². The summed E-state index contributed by atoms with van der Waals surface area (Å²) < 4.78 is 0. The van der Waals surface area contributed by atoms with Crippen molar-refractivity contribution in [3.8, 4) is 0 Å². The van der Waals surface area contributed by atoms with E-state index in [2.05, 4.69) is 5.32 Å². The number of hydrogen-bond donors (Lipinski definition) is 2. The van der Waals surface area contributed by atoms with Gasteiger partial charge >= 0.3 is 5.97 Å². The van der Waals surface area contributed by atoms with Crippen molar-refractivity contribution in [2.75, 3.05) is 19.6 Å². The molecule has 1 saturated heterocycles. The van der Waals surface area contributed by atoms with Gasteiger partial charge in [-0.1, -0.05) is 6.42 Å². The zero-order chi connectivity index (χ0) is 13.8. The van der Waals surface area contributed by atoms with Gasteiger partial charge in [0.1, 0.15) is 0 Å². The van der Waals surface area contributed by atoms with Crippen molar-refractivity contribution in [2.45, 2.75) is 32.1 Å². The standard InChI is InChI=1S/C13H20N2O4/c16-11(15-6-1-2-7-15)8-14-12(17)9-4-3-5-10(9)13(18)19/h9-10H,1-8H2,(H,14,17)(H,18,19). The van der Waals surface area contributed by atoms with Crippen LogP contribution in [0.3, 0.4) is 0 Å². The van der Waals surface area contributed by atoms with Crippen molar-refractivity contribution in [3.63, 3.8) is 0 Å². The second-order valence-corrected chi connectivity index (χ2v) is 5.29. The molecule has 106 valence electrons. The molecule has 0 spiro atoms. The average Bonchev–Trinajstić information content (AvgIpc) is 3.04. The van der Waals surface area contributed by atoms with Gasteiger partial charge in [-0.05, 0) is 25.7 Å². The van der Waals surface area contributed by atoms with E-state index in [0.29, 0.717) is 12.8 Å². The van der Waals surface area contributed by atoms with Crippen LogP contribution in [0, 0.1) is 11.8 Å². The van der Waals surface area contributed by atoms with Crippen molar-refractivity contribution in [1.29, 1.82) is 0 Å². The Morgan fingerprint density at radius 2 is 1.68 bits per heavy atom. The molecule has 2 aliphatic rings. The lowest BCUT2D eigenvalue weighted by Crippen LogP contribution is -2.42. The lowest BCUT2D eigenvalue weighted by atomic mass is 9.95. The van der Waals surface area contributed by atoms with Gasteiger partial charge in [-0.15, -0.1) is 0 Å². The summed E-state index contributed by atoms with van der Waals surface area (Å²) >= 11 is 0. The van der Waals surface area contributed by atoms with E-state index < -0.39 is 17.8 Å². The minimum Gasteiger partial charge on any atom is -0.481 e. The summed E-state index contributed by atoms with van der Waals surface area (Å²) in [5.74, 6) is -2.36. The molecule has 1 aliphatic heterocycles. The van der Waals surface area contributed by atoms with Gasteiger partial charge in [-0.25, -0.2) is 0 Å². The molecule has 2 fully saturated rings. The van der Waals surface area contributed by atoms with Crippen molar-refractivity contribution >= 4 is 17.8 Å². The topological polar surface area (TPSA) is 86.7 Å². The van der Waals surface area contributed by atoms with E-state index in [9.17, 15) is 14.4 Å². The van der Waals surface area contributed by atoms with Crippen LogP contribution in [0.15, 0.2) is 0 Å². The number of nitrogens with one attached hydrogen (secondary N) is 1. The van der Waals surface area contributed by atoms with Crippen LogP contribution in [0.2, 0.25) is 0 Å². The van der Waals surface area contributed by atoms with Gasteiger partial charge in [0.05, 0.1) is 18.4 Å². The van der Waals surface area contributed by atoms with E-state index in [4.69, 9.17) is 5.11 Å². The quantitative estimate of drug-likeness (QED) is 0.764. The van der Waals surface area contributed by atoms with Crippen LogP contribution in [-0.2, 0) is 14.4 Å².